The third-order valence-corrected chi connectivity index (χ3v) is 13.2. The van der Waals surface area contributed by atoms with Crippen molar-refractivity contribution in [2.45, 2.75) is 216 Å². The lowest BCUT2D eigenvalue weighted by atomic mass is 9.97. The molecule has 13 N–H and O–H groups in total. The minimum absolute atomic E-state index is 0.0323. The van der Waals surface area contributed by atoms with Gasteiger partial charge in [0.05, 0.1) is 32.1 Å². The number of amides is 6. The standard InChI is InChI=1S/C49H89N7O17/c1-32(59)54-40-44(66)42(64)35(29-57)72-47(40)69-26-15-5-8-18-37(61)51-23-14-10-17-34(46(68)52-24-13-4-7-19-38(62)53-31-50-25-28-71-49(3)21-11-12-22-49)56-39(63)20-9-6-16-27-70-48-41(55-33(2)60)45(67)43(65)36(30-58)73-48/h34-36,40-45,47-48,50,57-58,64-67H,4-31H2,1-3H3,(H,51,61)(H,52,68)(H,53,62)(H,54,59)(H,55,60)(H,56,63)/t34-,35?,36?,40?,41?,42?,43?,44?,45?,47?,48?/m0/s1. The molecule has 24 nitrogen and oxygen atoms in total. The predicted molar refractivity (Wildman–Crippen MR) is 264 cm³/mol. The molecule has 0 aromatic rings. The molecular formula is C49H89N7O17. The van der Waals surface area contributed by atoms with Gasteiger partial charge in [-0.25, -0.2) is 0 Å². The Bertz CT molecular complexity index is 1630. The number of hydrogen-bond donors (Lipinski definition) is 13. The molecule has 3 fully saturated rings. The summed E-state index contributed by atoms with van der Waals surface area (Å²) in [5.41, 5.74) is -0.0323. The van der Waals surface area contributed by atoms with E-state index in [2.05, 4.69) is 44.1 Å². The van der Waals surface area contributed by atoms with Crippen LogP contribution < -0.4 is 37.2 Å². The molecule has 2 aliphatic heterocycles. The highest BCUT2D eigenvalue weighted by Crippen LogP contribution is 2.32. The largest absolute Gasteiger partial charge is 0.394 e. The second-order valence-electron chi connectivity index (χ2n) is 19.6. The monoisotopic (exact) mass is 1050 g/mol. The van der Waals surface area contributed by atoms with E-state index < -0.39 is 92.4 Å². The van der Waals surface area contributed by atoms with Crippen LogP contribution in [0.1, 0.15) is 143 Å². The first-order chi connectivity index (χ1) is 35.0. The highest BCUT2D eigenvalue weighted by atomic mass is 16.7. The fourth-order valence-electron chi connectivity index (χ4n) is 8.98. The van der Waals surface area contributed by atoms with Crippen LogP contribution in [0.25, 0.3) is 0 Å². The summed E-state index contributed by atoms with van der Waals surface area (Å²) in [4.78, 5) is 74.7. The fraction of sp³-hybridized carbons (Fsp3) is 0.878. The Morgan fingerprint density at radius 3 is 1.58 bits per heavy atom. The van der Waals surface area contributed by atoms with Crippen LogP contribution in [0, 0.1) is 0 Å². The smallest absolute Gasteiger partial charge is 0.242 e. The molecule has 11 atom stereocenters. The van der Waals surface area contributed by atoms with Crippen LogP contribution in [0.2, 0.25) is 0 Å². The predicted octanol–water partition coefficient (Wildman–Crippen LogP) is -1.51. The average Bonchev–Trinajstić information content (AvgIpc) is 3.79. The number of carbonyl (C=O) groups excluding carboxylic acids is 6. The van der Waals surface area contributed by atoms with Gasteiger partial charge in [0.15, 0.2) is 12.6 Å². The zero-order valence-corrected chi connectivity index (χ0v) is 43.3. The lowest BCUT2D eigenvalue weighted by Gasteiger charge is -2.42. The first-order valence-corrected chi connectivity index (χ1v) is 26.5. The Labute approximate surface area is 429 Å². The maximum absolute atomic E-state index is 13.4. The van der Waals surface area contributed by atoms with Crippen molar-refractivity contribution in [3.05, 3.63) is 0 Å². The molecule has 10 unspecified atom stereocenters. The van der Waals surface area contributed by atoms with Crippen molar-refractivity contribution < 1.29 is 83.1 Å². The summed E-state index contributed by atoms with van der Waals surface area (Å²) < 4.78 is 28.6. The van der Waals surface area contributed by atoms with Gasteiger partial charge in [-0.1, -0.05) is 32.1 Å². The summed E-state index contributed by atoms with van der Waals surface area (Å²) in [7, 11) is 0. The van der Waals surface area contributed by atoms with Crippen LogP contribution in [0.3, 0.4) is 0 Å². The number of nitrogens with one attached hydrogen (secondary N) is 7. The van der Waals surface area contributed by atoms with Gasteiger partial charge in [0.2, 0.25) is 35.4 Å². The van der Waals surface area contributed by atoms with Gasteiger partial charge in [0.1, 0.15) is 54.7 Å². The van der Waals surface area contributed by atoms with E-state index in [1.165, 1.54) is 26.7 Å². The number of aliphatic hydroxyl groups is 6. The fourth-order valence-corrected chi connectivity index (χ4v) is 8.98. The van der Waals surface area contributed by atoms with Crippen molar-refractivity contribution in [3.8, 4) is 0 Å². The van der Waals surface area contributed by atoms with Crippen LogP contribution in [-0.4, -0.2) is 198 Å². The van der Waals surface area contributed by atoms with Crippen LogP contribution in [-0.2, 0) is 52.5 Å². The molecule has 6 amide bonds. The van der Waals surface area contributed by atoms with Gasteiger partial charge >= 0.3 is 0 Å². The molecule has 2 heterocycles. The Morgan fingerprint density at radius 2 is 1.05 bits per heavy atom. The molecule has 1 saturated carbocycles. The van der Waals surface area contributed by atoms with Crippen molar-refractivity contribution in [1.82, 2.24) is 37.2 Å². The minimum atomic E-state index is -1.43. The number of hydrogen-bond acceptors (Lipinski definition) is 18. The van der Waals surface area contributed by atoms with E-state index in [1.807, 2.05) is 0 Å². The summed E-state index contributed by atoms with van der Waals surface area (Å²) in [6.45, 7) is 6.20. The van der Waals surface area contributed by atoms with E-state index in [0.717, 1.165) is 12.8 Å². The van der Waals surface area contributed by atoms with Gasteiger partial charge in [-0.05, 0) is 77.6 Å². The molecule has 0 radical (unpaired) electrons. The molecule has 24 heteroatoms. The number of rotatable bonds is 37. The Balaban J connectivity index is 1.36. The summed E-state index contributed by atoms with van der Waals surface area (Å²) in [5, 5.41) is 80.1. The average molecular weight is 1050 g/mol. The number of unbranched alkanes of at least 4 members (excludes halogenated alkanes) is 7. The topological polar surface area (TPSA) is 354 Å². The highest BCUT2D eigenvalue weighted by Gasteiger charge is 2.46. The Morgan fingerprint density at radius 1 is 0.575 bits per heavy atom. The SMILES string of the molecule is CC(=O)NC1C(OCCCCCC(=O)NCCCC[C@H](NC(=O)CCCCCOC2OC(CO)C(O)C(O)C2NC(C)=O)C(=O)NCCCCCC(=O)NCNCCOC2(C)CCCC2)OC(CO)C(O)C1O. The Hall–Kier alpha value is -3.66. The van der Waals surface area contributed by atoms with Crippen LogP contribution in [0.4, 0.5) is 0 Å². The van der Waals surface area contributed by atoms with E-state index in [1.54, 1.807) is 0 Å². The lowest BCUT2D eigenvalue weighted by Crippen LogP contribution is -2.64. The molecule has 1 aliphatic carbocycles. The molecule has 422 valence electrons. The van der Waals surface area contributed by atoms with E-state index in [4.69, 9.17) is 23.7 Å². The van der Waals surface area contributed by atoms with Crippen LogP contribution >= 0.6 is 0 Å². The molecular weight excluding hydrogens is 959 g/mol. The first-order valence-electron chi connectivity index (χ1n) is 26.5. The van der Waals surface area contributed by atoms with Gasteiger partial charge < -0.3 is 86.2 Å². The highest BCUT2D eigenvalue weighted by molar-refractivity contribution is 5.87. The second-order valence-corrected chi connectivity index (χ2v) is 19.6. The lowest BCUT2D eigenvalue weighted by molar-refractivity contribution is -0.270. The zero-order valence-electron chi connectivity index (χ0n) is 43.3. The van der Waals surface area contributed by atoms with Crippen molar-refractivity contribution in [1.29, 1.82) is 0 Å². The van der Waals surface area contributed by atoms with Crippen LogP contribution in [0.15, 0.2) is 0 Å². The maximum Gasteiger partial charge on any atom is 0.242 e. The number of aliphatic hydroxyl groups excluding tert-OH is 6. The third-order valence-electron chi connectivity index (χ3n) is 13.2. The van der Waals surface area contributed by atoms with Gasteiger partial charge in [-0.15, -0.1) is 0 Å². The number of carbonyl (C=O) groups is 6. The summed E-state index contributed by atoms with van der Waals surface area (Å²) >= 11 is 0. The minimum Gasteiger partial charge on any atom is -0.394 e. The number of ether oxygens (including phenoxy) is 5. The normalized spacial score (nSPS) is 26.1. The van der Waals surface area contributed by atoms with Gasteiger partial charge in [0.25, 0.3) is 0 Å². The van der Waals surface area contributed by atoms with E-state index in [9.17, 15) is 59.4 Å². The molecule has 0 aromatic carbocycles. The zero-order chi connectivity index (χ0) is 53.6. The summed E-state index contributed by atoms with van der Waals surface area (Å²) in [6.07, 6.45) is 1.92. The van der Waals surface area contributed by atoms with Crippen molar-refractivity contribution in [3.63, 3.8) is 0 Å². The van der Waals surface area contributed by atoms with Gasteiger partial charge in [-0.2, -0.15) is 0 Å². The molecule has 3 aliphatic rings. The van der Waals surface area contributed by atoms with E-state index in [0.29, 0.717) is 116 Å². The Kier molecular flexibility index (Phi) is 31.0. The molecule has 0 bridgehead atoms. The summed E-state index contributed by atoms with van der Waals surface area (Å²) in [5.74, 6) is -1.77. The van der Waals surface area contributed by atoms with E-state index >= 15 is 0 Å². The van der Waals surface area contributed by atoms with Crippen molar-refractivity contribution in [2.24, 2.45) is 0 Å². The van der Waals surface area contributed by atoms with Crippen molar-refractivity contribution >= 4 is 35.4 Å². The molecule has 2 saturated heterocycles. The third kappa shape index (κ3) is 24.7. The second kappa shape index (κ2) is 35.6. The molecule has 3 rings (SSSR count). The van der Waals surface area contributed by atoms with Gasteiger partial charge in [-0.3, -0.25) is 34.1 Å². The molecule has 0 spiro atoms. The van der Waals surface area contributed by atoms with Crippen LogP contribution in [0.5, 0.6) is 0 Å². The van der Waals surface area contributed by atoms with Crippen molar-refractivity contribution in [2.75, 3.05) is 59.3 Å². The van der Waals surface area contributed by atoms with Gasteiger partial charge in [0, 0.05) is 66.0 Å². The van der Waals surface area contributed by atoms with E-state index in [-0.39, 0.29) is 55.3 Å². The molecule has 73 heavy (non-hydrogen) atoms. The maximum atomic E-state index is 13.4. The first kappa shape index (κ1) is 63.6. The molecule has 0 aromatic heterocycles. The summed E-state index contributed by atoms with van der Waals surface area (Å²) in [6, 6.07) is -2.90. The quantitative estimate of drug-likeness (QED) is 0.0248.